The highest BCUT2D eigenvalue weighted by molar-refractivity contribution is 5.35. The number of rotatable bonds is 1. The number of nitrogens with one attached hydrogen (secondary N) is 2. The van der Waals surface area contributed by atoms with Crippen LogP contribution in [0, 0.1) is 17.7 Å². The van der Waals surface area contributed by atoms with Gasteiger partial charge < -0.3 is 5.32 Å². The predicted octanol–water partition coefficient (Wildman–Crippen LogP) is 1.46. The van der Waals surface area contributed by atoms with E-state index in [9.17, 15) is 13.2 Å². The van der Waals surface area contributed by atoms with Gasteiger partial charge >= 0.3 is 0 Å². The van der Waals surface area contributed by atoms with Crippen LogP contribution in [-0.4, -0.2) is 21.7 Å². The number of hydrogen-bond donors (Lipinski definition) is 2. The number of fused-ring (bicyclic) bond motifs is 1. The summed E-state index contributed by atoms with van der Waals surface area (Å²) in [6.07, 6.45) is 1.57. The first-order valence-electron chi connectivity index (χ1n) is 5.41. The van der Waals surface area contributed by atoms with E-state index in [1.54, 1.807) is 6.20 Å². The maximum Gasteiger partial charge on any atom is 0.251 e. The second-order valence-electron chi connectivity index (χ2n) is 4.13. The Balaban J connectivity index is 2.10. The van der Waals surface area contributed by atoms with E-state index in [-0.39, 0.29) is 5.56 Å². The monoisotopic (exact) mass is 254 g/mol. The van der Waals surface area contributed by atoms with Crippen LogP contribution in [0.5, 0.6) is 0 Å². The third kappa shape index (κ3) is 1.67. The summed E-state index contributed by atoms with van der Waals surface area (Å²) in [4.78, 5) is 2.94. The summed E-state index contributed by atoms with van der Waals surface area (Å²) in [5.74, 6) is -3.99. The lowest BCUT2D eigenvalue weighted by Gasteiger charge is -2.23. The zero-order valence-electron chi connectivity index (χ0n) is 9.17. The van der Waals surface area contributed by atoms with Gasteiger partial charge in [-0.1, -0.05) is 0 Å². The third-order valence-corrected chi connectivity index (χ3v) is 3.07. The van der Waals surface area contributed by atoms with Gasteiger partial charge in [0, 0.05) is 30.1 Å². The van der Waals surface area contributed by atoms with Crippen molar-refractivity contribution >= 4 is 0 Å². The van der Waals surface area contributed by atoms with Crippen LogP contribution in [0.4, 0.5) is 13.2 Å². The minimum absolute atomic E-state index is 0.0313. The molecule has 1 aliphatic rings. The van der Waals surface area contributed by atoms with Gasteiger partial charge in [0.2, 0.25) is 5.95 Å². The summed E-state index contributed by atoms with van der Waals surface area (Å²) < 4.78 is 39.6. The zero-order valence-corrected chi connectivity index (χ0v) is 9.17. The summed E-state index contributed by atoms with van der Waals surface area (Å²) in [5.41, 5.74) is 1.62. The zero-order chi connectivity index (χ0) is 12.7. The predicted molar refractivity (Wildman–Crippen MR) is 56.2 cm³/mol. The summed E-state index contributed by atoms with van der Waals surface area (Å²) in [7, 11) is 0. The molecule has 0 fully saturated rings. The fourth-order valence-corrected chi connectivity index (χ4v) is 2.20. The van der Waals surface area contributed by atoms with Gasteiger partial charge in [-0.15, -0.1) is 0 Å². The van der Waals surface area contributed by atoms with E-state index < -0.39 is 23.6 Å². The summed E-state index contributed by atoms with van der Waals surface area (Å²) in [6, 6.07) is 0.853. The van der Waals surface area contributed by atoms with Gasteiger partial charge in [-0.25, -0.2) is 4.39 Å². The van der Waals surface area contributed by atoms with Gasteiger partial charge in [0.1, 0.15) is 0 Å². The first kappa shape index (κ1) is 11.2. The molecule has 94 valence electrons. The van der Waals surface area contributed by atoms with E-state index in [4.69, 9.17) is 0 Å². The number of nitrogens with zero attached hydrogens (tertiary/aromatic N) is 2. The van der Waals surface area contributed by atoms with Crippen LogP contribution in [0.1, 0.15) is 22.7 Å². The van der Waals surface area contributed by atoms with Crippen LogP contribution >= 0.6 is 0 Å². The molecule has 2 aromatic rings. The molecule has 2 aromatic heterocycles. The summed E-state index contributed by atoms with van der Waals surface area (Å²) in [5, 5.41) is 9.71. The minimum Gasteiger partial charge on any atom is -0.310 e. The van der Waals surface area contributed by atoms with Crippen molar-refractivity contribution in [3.63, 3.8) is 0 Å². The Hall–Kier alpha value is -1.89. The van der Waals surface area contributed by atoms with Crippen molar-refractivity contribution in [2.24, 2.45) is 0 Å². The van der Waals surface area contributed by atoms with E-state index in [0.29, 0.717) is 13.1 Å². The molecule has 2 N–H and O–H groups in total. The minimum atomic E-state index is -1.42. The Labute approximate surface area is 100 Å². The van der Waals surface area contributed by atoms with E-state index in [2.05, 4.69) is 20.5 Å². The second kappa shape index (κ2) is 4.09. The largest absolute Gasteiger partial charge is 0.310 e. The fraction of sp³-hybridized carbons (Fsp3) is 0.273. The molecular formula is C11H9F3N4. The molecule has 1 aliphatic heterocycles. The van der Waals surface area contributed by atoms with Crippen LogP contribution < -0.4 is 5.32 Å². The Kier molecular flexibility index (Phi) is 2.55. The van der Waals surface area contributed by atoms with E-state index in [1.165, 1.54) is 0 Å². The van der Waals surface area contributed by atoms with Crippen LogP contribution in [-0.2, 0) is 6.54 Å². The average molecular weight is 254 g/mol. The normalized spacial score (nSPS) is 18.7. The van der Waals surface area contributed by atoms with Crippen molar-refractivity contribution in [2.75, 3.05) is 6.54 Å². The SMILES string of the molecule is Fc1cc(C2CNCc3[nH]ncc32)c(F)nc1F. The lowest BCUT2D eigenvalue weighted by atomic mass is 9.90. The standard InChI is InChI=1S/C11H9F3N4/c12-8-1-5(10(13)17-11(8)14)6-2-15-4-9-7(6)3-16-18-9/h1,3,6,15H,2,4H2,(H,16,18). The lowest BCUT2D eigenvalue weighted by Crippen LogP contribution is -2.29. The van der Waals surface area contributed by atoms with Crippen LogP contribution in [0.25, 0.3) is 0 Å². The van der Waals surface area contributed by atoms with Gasteiger partial charge in [0.15, 0.2) is 5.82 Å². The van der Waals surface area contributed by atoms with Crippen LogP contribution in [0.3, 0.4) is 0 Å². The third-order valence-electron chi connectivity index (χ3n) is 3.07. The molecule has 7 heteroatoms. The number of H-pyrrole nitrogens is 1. The molecule has 0 aromatic carbocycles. The number of hydrogen-bond acceptors (Lipinski definition) is 3. The van der Waals surface area contributed by atoms with E-state index in [0.717, 1.165) is 17.3 Å². The molecule has 3 rings (SSSR count). The smallest absolute Gasteiger partial charge is 0.251 e. The van der Waals surface area contributed by atoms with Gasteiger partial charge in [-0.05, 0) is 6.07 Å². The molecule has 4 nitrogen and oxygen atoms in total. The highest BCUT2D eigenvalue weighted by atomic mass is 19.2. The highest BCUT2D eigenvalue weighted by Crippen LogP contribution is 2.30. The second-order valence-corrected chi connectivity index (χ2v) is 4.13. The quantitative estimate of drug-likeness (QED) is 0.757. The Morgan fingerprint density at radius 3 is 2.83 bits per heavy atom. The molecule has 0 bridgehead atoms. The average Bonchev–Trinajstić information content (AvgIpc) is 2.82. The first-order valence-corrected chi connectivity index (χ1v) is 5.41. The van der Waals surface area contributed by atoms with E-state index in [1.807, 2.05) is 0 Å². The molecule has 3 heterocycles. The van der Waals surface area contributed by atoms with Crippen molar-refractivity contribution in [3.05, 3.63) is 46.8 Å². The highest BCUT2D eigenvalue weighted by Gasteiger charge is 2.27. The summed E-state index contributed by atoms with van der Waals surface area (Å²) >= 11 is 0. The lowest BCUT2D eigenvalue weighted by molar-refractivity contribution is 0.434. The first-order chi connectivity index (χ1) is 8.66. The number of halogens is 3. The maximum atomic E-state index is 13.6. The fourth-order valence-electron chi connectivity index (χ4n) is 2.20. The van der Waals surface area contributed by atoms with Crippen LogP contribution in [0.15, 0.2) is 12.3 Å². The topological polar surface area (TPSA) is 53.6 Å². The Bertz CT molecular complexity index is 596. The molecule has 0 saturated carbocycles. The van der Waals surface area contributed by atoms with Crippen molar-refractivity contribution in [2.45, 2.75) is 12.5 Å². The van der Waals surface area contributed by atoms with Gasteiger partial charge in [-0.2, -0.15) is 18.9 Å². The molecule has 0 amide bonds. The van der Waals surface area contributed by atoms with Crippen molar-refractivity contribution in [1.82, 2.24) is 20.5 Å². The van der Waals surface area contributed by atoms with Crippen molar-refractivity contribution in [3.8, 4) is 0 Å². The summed E-state index contributed by atoms with van der Waals surface area (Å²) in [6.45, 7) is 1.01. The molecular weight excluding hydrogens is 245 g/mol. The van der Waals surface area contributed by atoms with E-state index >= 15 is 0 Å². The van der Waals surface area contributed by atoms with Crippen molar-refractivity contribution < 1.29 is 13.2 Å². The van der Waals surface area contributed by atoms with Gasteiger partial charge in [-0.3, -0.25) is 5.10 Å². The molecule has 0 radical (unpaired) electrons. The van der Waals surface area contributed by atoms with Crippen LogP contribution in [0.2, 0.25) is 0 Å². The molecule has 1 unspecified atom stereocenters. The molecule has 0 saturated heterocycles. The molecule has 0 spiro atoms. The molecule has 1 atom stereocenters. The Morgan fingerprint density at radius 2 is 2.00 bits per heavy atom. The molecule has 18 heavy (non-hydrogen) atoms. The Morgan fingerprint density at radius 1 is 1.17 bits per heavy atom. The maximum absolute atomic E-state index is 13.6. The van der Waals surface area contributed by atoms with Gasteiger partial charge in [0.05, 0.1) is 11.9 Å². The number of aromatic amines is 1. The van der Waals surface area contributed by atoms with Crippen molar-refractivity contribution in [1.29, 1.82) is 0 Å². The number of pyridine rings is 1. The van der Waals surface area contributed by atoms with Gasteiger partial charge in [0.25, 0.3) is 5.95 Å². The number of aromatic nitrogens is 3. The molecule has 0 aliphatic carbocycles.